The van der Waals surface area contributed by atoms with Gasteiger partial charge in [-0.1, -0.05) is 25.2 Å². The molecule has 0 aliphatic heterocycles. The molecule has 4 heavy (non-hydrogen) atoms. The van der Waals surface area contributed by atoms with Gasteiger partial charge in [-0.2, -0.15) is 0 Å². The van der Waals surface area contributed by atoms with E-state index in [9.17, 15) is 0 Å². The fraction of sp³-hybridized carbons (Fsp3) is 0. The topological polar surface area (TPSA) is 0 Å². The number of rotatable bonds is 0. The third-order valence-corrected chi connectivity index (χ3v) is 0. The summed E-state index contributed by atoms with van der Waals surface area (Å²) in [5.41, 5.74) is 0. The van der Waals surface area contributed by atoms with Crippen molar-refractivity contribution in [2.24, 2.45) is 0 Å². The smallest absolute Gasteiger partial charge is 0.0626 e. The average molecular weight is 159 g/mol. The van der Waals surface area contributed by atoms with Crippen molar-refractivity contribution >= 4 is 51.1 Å². The molecule has 0 atom stereocenters. The molecule has 0 aromatic heterocycles. The fourth-order valence-corrected chi connectivity index (χ4v) is 0. The van der Waals surface area contributed by atoms with Crippen LogP contribution in [0.1, 0.15) is 0 Å². The molecule has 24 valence electrons. The van der Waals surface area contributed by atoms with Crippen LogP contribution in [-0.4, -0.2) is 51.1 Å². The van der Waals surface area contributed by atoms with Crippen LogP contribution in [0.25, 0.3) is 0 Å². The summed E-state index contributed by atoms with van der Waals surface area (Å²) in [6, 6.07) is 0. The van der Waals surface area contributed by atoms with Gasteiger partial charge in [0.15, 0.2) is 0 Å². The van der Waals surface area contributed by atoms with Crippen molar-refractivity contribution in [3.05, 3.63) is 0 Å². The van der Waals surface area contributed by atoms with Crippen molar-refractivity contribution in [2.45, 2.75) is 0 Å². The molecule has 0 fully saturated rings. The van der Waals surface area contributed by atoms with Crippen LogP contribution in [0.5, 0.6) is 0 Å². The van der Waals surface area contributed by atoms with E-state index in [0.717, 1.165) is 0 Å². The Balaban J connectivity index is 0. The summed E-state index contributed by atoms with van der Waals surface area (Å²) < 4.78 is 0. The minimum atomic E-state index is 0. The van der Waals surface area contributed by atoms with E-state index >= 15 is 0 Å². The zero-order valence-electron chi connectivity index (χ0n) is 0.577. The molecule has 0 bridgehead atoms. The Bertz CT molecular complexity index is 3.25. The van der Waals surface area contributed by atoms with E-state index in [4.69, 9.17) is 0 Å². The molecule has 0 aromatic rings. The fourth-order valence-electron chi connectivity index (χ4n) is 0. The number of hydrogen-bond acceptors (Lipinski definition) is 0. The molecule has 0 saturated carbocycles. The molecule has 4 heteroatoms. The van der Waals surface area contributed by atoms with Crippen LogP contribution in [0.3, 0.4) is 0 Å². The van der Waals surface area contributed by atoms with E-state index in [1.54, 1.807) is 0 Å². The first-order valence-electron chi connectivity index (χ1n) is 0. The van der Waals surface area contributed by atoms with Gasteiger partial charge in [-0.05, 0) is 0 Å². The zero-order chi connectivity index (χ0) is 0. The molecule has 0 aliphatic carbocycles. The van der Waals surface area contributed by atoms with Crippen molar-refractivity contribution < 1.29 is 0 Å². The second-order valence-corrected chi connectivity index (χ2v) is 0. The van der Waals surface area contributed by atoms with Gasteiger partial charge in [-0.3, -0.25) is 0 Å². The SMILES string of the molecule is [BH4-].[BH4-].[BH4-].[In+3]. The molecule has 0 N–H and O–H groups in total. The van der Waals surface area contributed by atoms with Gasteiger partial charge in [0.2, 0.25) is 0 Å². The molecule has 0 heterocycles. The standard InChI is InChI=1S/3BH4.In/h3*1H4;/q3*-1;+3. The van der Waals surface area contributed by atoms with Crippen LogP contribution in [0, 0.1) is 0 Å². The average Bonchev–Trinajstić information content (AvgIpc) is 0. The Kier molecular flexibility index (Phi) is 621. The van der Waals surface area contributed by atoms with Crippen molar-refractivity contribution in [1.29, 1.82) is 0 Å². The molecule has 0 spiro atoms. The maximum atomic E-state index is 0. The van der Waals surface area contributed by atoms with Gasteiger partial charge in [0, 0.05) is 0 Å². The van der Waals surface area contributed by atoms with Crippen molar-refractivity contribution in [3.8, 4) is 0 Å². The Morgan fingerprint density at radius 2 is 0.500 bits per heavy atom. The van der Waals surface area contributed by atoms with Gasteiger partial charge in [0.05, 0.1) is 0 Å². The van der Waals surface area contributed by atoms with Crippen molar-refractivity contribution in [1.82, 2.24) is 0 Å². The van der Waals surface area contributed by atoms with Crippen LogP contribution in [0.15, 0.2) is 0 Å². The molecule has 0 saturated heterocycles. The minimum Gasteiger partial charge on any atom is -0.0626 e. The summed E-state index contributed by atoms with van der Waals surface area (Å²) in [5.74, 6) is 0. The van der Waals surface area contributed by atoms with E-state index < -0.39 is 0 Å². The van der Waals surface area contributed by atoms with Crippen LogP contribution < -0.4 is 0 Å². The molecular formula is H12B3In. The maximum absolute atomic E-state index is 0. The zero-order valence-corrected chi connectivity index (χ0v) is 3.87. The van der Waals surface area contributed by atoms with Gasteiger partial charge in [0.25, 0.3) is 0 Å². The molecule has 0 unspecified atom stereocenters. The third-order valence-electron chi connectivity index (χ3n) is 0. The van der Waals surface area contributed by atoms with Gasteiger partial charge in [-0.15, -0.1) is 0 Å². The van der Waals surface area contributed by atoms with Crippen LogP contribution in [0.2, 0.25) is 0 Å². The summed E-state index contributed by atoms with van der Waals surface area (Å²) in [6.45, 7) is 0. The third kappa shape index (κ3) is 11.5. The Morgan fingerprint density at radius 1 is 0.500 bits per heavy atom. The summed E-state index contributed by atoms with van der Waals surface area (Å²) in [4.78, 5) is 0. The van der Waals surface area contributed by atoms with E-state index in [2.05, 4.69) is 0 Å². The monoisotopic (exact) mass is 160 g/mol. The molecule has 0 aromatic carbocycles. The molecule has 0 radical (unpaired) electrons. The first-order chi connectivity index (χ1) is 0. The molecule has 0 amide bonds. The Hall–Kier alpha value is 1.06. The Labute approximate surface area is 51.2 Å². The molecular weight excluding hydrogens is 147 g/mol. The van der Waals surface area contributed by atoms with Crippen LogP contribution >= 0.6 is 0 Å². The predicted molar refractivity (Wildman–Crippen MR) is 39.8 cm³/mol. The van der Waals surface area contributed by atoms with E-state index in [1.165, 1.54) is 0 Å². The van der Waals surface area contributed by atoms with E-state index in [0.29, 0.717) is 0 Å². The normalized spacial score (nSPS) is 0. The van der Waals surface area contributed by atoms with Gasteiger partial charge >= 0.3 is 25.8 Å². The van der Waals surface area contributed by atoms with Crippen LogP contribution in [0.4, 0.5) is 0 Å². The quantitative estimate of drug-likeness (QED) is 0.312. The van der Waals surface area contributed by atoms with E-state index in [1.807, 2.05) is 0 Å². The maximum Gasteiger partial charge on any atom is 3.00 e. The first kappa shape index (κ1) is 73.8. The van der Waals surface area contributed by atoms with Crippen LogP contribution in [-0.2, 0) is 0 Å². The molecule has 0 aliphatic rings. The van der Waals surface area contributed by atoms with Gasteiger partial charge in [-0.25, -0.2) is 0 Å². The Morgan fingerprint density at radius 3 is 0.500 bits per heavy atom. The van der Waals surface area contributed by atoms with Crippen molar-refractivity contribution in [3.63, 3.8) is 0 Å². The predicted octanol–water partition coefficient (Wildman–Crippen LogP) is -4.74. The number of hydrogen-bond donors (Lipinski definition) is 0. The van der Waals surface area contributed by atoms with Crippen molar-refractivity contribution in [2.75, 3.05) is 0 Å². The van der Waals surface area contributed by atoms with E-state index in [-0.39, 0.29) is 51.1 Å². The van der Waals surface area contributed by atoms with Gasteiger partial charge in [0.1, 0.15) is 0 Å². The molecule has 0 nitrogen and oxygen atoms in total. The summed E-state index contributed by atoms with van der Waals surface area (Å²) in [6.07, 6.45) is 0. The second kappa shape index (κ2) is 33.7. The molecule has 0 rings (SSSR count). The summed E-state index contributed by atoms with van der Waals surface area (Å²) in [7, 11) is 0. The largest absolute Gasteiger partial charge is 3.00 e. The summed E-state index contributed by atoms with van der Waals surface area (Å²) in [5, 5.41) is 0. The summed E-state index contributed by atoms with van der Waals surface area (Å²) >= 11 is 0. The first-order valence-corrected chi connectivity index (χ1v) is 0. The second-order valence-electron chi connectivity index (χ2n) is 0. The van der Waals surface area contributed by atoms with Gasteiger partial charge < -0.3 is 0 Å². The minimum absolute atomic E-state index is 0.